The molecule has 1 aromatic carbocycles. The van der Waals surface area contributed by atoms with E-state index in [0.717, 1.165) is 16.8 Å². The molecule has 10 nitrogen and oxygen atoms in total. The first-order chi connectivity index (χ1) is 16.6. The highest BCUT2D eigenvalue weighted by atomic mass is 16.6. The van der Waals surface area contributed by atoms with Crippen molar-refractivity contribution in [2.24, 2.45) is 0 Å². The number of ether oxygens (including phenoxy) is 2. The molecule has 0 unspecified atom stereocenters. The zero-order valence-corrected chi connectivity index (χ0v) is 20.5. The summed E-state index contributed by atoms with van der Waals surface area (Å²) in [5, 5.41) is 16.2. The van der Waals surface area contributed by atoms with Crippen LogP contribution in [0, 0.1) is 11.3 Å². The number of hydrogen-bond acceptors (Lipinski definition) is 7. The summed E-state index contributed by atoms with van der Waals surface area (Å²) in [5.41, 5.74) is 2.29. The second-order valence-electron chi connectivity index (χ2n) is 9.33. The number of benzene rings is 1. The van der Waals surface area contributed by atoms with Gasteiger partial charge in [-0.05, 0) is 45.4 Å². The summed E-state index contributed by atoms with van der Waals surface area (Å²) in [6.07, 6.45) is 1.86. The second-order valence-corrected chi connectivity index (χ2v) is 9.33. The molecule has 35 heavy (non-hydrogen) atoms. The van der Waals surface area contributed by atoms with Gasteiger partial charge in [0.25, 0.3) is 0 Å². The predicted molar refractivity (Wildman–Crippen MR) is 126 cm³/mol. The Hall–Kier alpha value is -3.87. The maximum Gasteiger partial charge on any atom is 0.408 e. The lowest BCUT2D eigenvalue weighted by atomic mass is 10.0. The van der Waals surface area contributed by atoms with E-state index in [1.54, 1.807) is 63.1 Å². The molecule has 0 saturated carbocycles. The molecule has 0 fully saturated rings. The fourth-order valence-corrected chi connectivity index (χ4v) is 3.80. The van der Waals surface area contributed by atoms with Crippen LogP contribution in [0.4, 0.5) is 4.79 Å². The fourth-order valence-electron chi connectivity index (χ4n) is 3.80. The van der Waals surface area contributed by atoms with E-state index in [1.165, 1.54) is 4.68 Å². The molecule has 0 aliphatic carbocycles. The highest BCUT2D eigenvalue weighted by Crippen LogP contribution is 2.20. The number of alkyl carbamates (subject to hydrolysis) is 1. The average molecular weight is 482 g/mol. The lowest BCUT2D eigenvalue weighted by Crippen LogP contribution is -2.51. The van der Waals surface area contributed by atoms with Crippen molar-refractivity contribution in [3.63, 3.8) is 0 Å². The minimum atomic E-state index is -0.853. The van der Waals surface area contributed by atoms with Gasteiger partial charge < -0.3 is 19.7 Å². The molecule has 0 spiro atoms. The summed E-state index contributed by atoms with van der Waals surface area (Å²) in [7, 11) is 0. The Morgan fingerprint density at radius 2 is 1.94 bits per heavy atom. The van der Waals surface area contributed by atoms with Crippen molar-refractivity contribution in [2.45, 2.75) is 65.3 Å². The number of amides is 2. The Balaban J connectivity index is 1.75. The summed E-state index contributed by atoms with van der Waals surface area (Å²) >= 11 is 0. The first kappa shape index (κ1) is 25.7. The normalized spacial score (nSPS) is 13.9. The molecule has 2 aromatic rings. The number of hydrogen-bond donors (Lipinski definition) is 1. The van der Waals surface area contributed by atoms with E-state index in [2.05, 4.69) is 16.5 Å². The largest absolute Gasteiger partial charge is 0.465 e. The molecule has 1 atom stereocenters. The lowest BCUT2D eigenvalue weighted by Gasteiger charge is -2.31. The predicted octanol–water partition coefficient (Wildman–Crippen LogP) is 2.34. The van der Waals surface area contributed by atoms with Gasteiger partial charge in [0.15, 0.2) is 0 Å². The number of aromatic nitrogens is 2. The van der Waals surface area contributed by atoms with Crippen LogP contribution in [-0.2, 0) is 45.0 Å². The minimum absolute atomic E-state index is 0.0102. The van der Waals surface area contributed by atoms with Crippen LogP contribution in [0.1, 0.15) is 50.1 Å². The third-order valence-corrected chi connectivity index (χ3v) is 5.32. The van der Waals surface area contributed by atoms with Gasteiger partial charge in [0.2, 0.25) is 5.91 Å². The SMILES string of the molecule is CCOC(=O)Cn1cc2c(n1)CCN(C(=O)[C@H](Cc1ccc(C#N)cc1)NC(=O)OC(C)(C)C)C2. The molecule has 0 radical (unpaired) electrons. The smallest absolute Gasteiger partial charge is 0.408 e. The number of esters is 1. The van der Waals surface area contributed by atoms with Crippen molar-refractivity contribution in [1.29, 1.82) is 5.26 Å². The molecule has 0 saturated heterocycles. The number of nitrogens with one attached hydrogen (secondary N) is 1. The quantitative estimate of drug-likeness (QED) is 0.602. The van der Waals surface area contributed by atoms with Crippen molar-refractivity contribution in [3.8, 4) is 6.07 Å². The molecular weight excluding hydrogens is 450 g/mol. The fraction of sp³-hybridized carbons (Fsp3) is 0.480. The van der Waals surface area contributed by atoms with Crippen LogP contribution in [-0.4, -0.2) is 57.4 Å². The van der Waals surface area contributed by atoms with E-state index < -0.39 is 17.7 Å². The van der Waals surface area contributed by atoms with E-state index in [-0.39, 0.29) is 24.8 Å². The van der Waals surface area contributed by atoms with Gasteiger partial charge in [0.05, 0.1) is 23.9 Å². The van der Waals surface area contributed by atoms with E-state index in [9.17, 15) is 14.4 Å². The van der Waals surface area contributed by atoms with E-state index in [1.807, 2.05) is 0 Å². The minimum Gasteiger partial charge on any atom is -0.465 e. The maximum absolute atomic E-state index is 13.5. The molecule has 1 aliphatic rings. The van der Waals surface area contributed by atoms with Crippen molar-refractivity contribution in [2.75, 3.05) is 13.2 Å². The van der Waals surface area contributed by atoms with Gasteiger partial charge in [-0.15, -0.1) is 0 Å². The van der Waals surface area contributed by atoms with Crippen molar-refractivity contribution >= 4 is 18.0 Å². The highest BCUT2D eigenvalue weighted by molar-refractivity contribution is 5.86. The Labute approximate surface area is 204 Å². The third kappa shape index (κ3) is 7.30. The second kappa shape index (κ2) is 11.0. The van der Waals surface area contributed by atoms with Gasteiger partial charge in [-0.3, -0.25) is 14.3 Å². The summed E-state index contributed by atoms with van der Waals surface area (Å²) in [6.45, 7) is 8.07. The number of carbonyl (C=O) groups is 3. The van der Waals surface area contributed by atoms with E-state index in [4.69, 9.17) is 14.7 Å². The van der Waals surface area contributed by atoms with Crippen LogP contribution in [0.2, 0.25) is 0 Å². The zero-order chi connectivity index (χ0) is 25.6. The van der Waals surface area contributed by atoms with Gasteiger partial charge >= 0.3 is 12.1 Å². The number of nitriles is 1. The molecule has 1 aliphatic heterocycles. The topological polar surface area (TPSA) is 127 Å². The summed E-state index contributed by atoms with van der Waals surface area (Å²) in [5.74, 6) is -0.617. The molecule has 2 heterocycles. The van der Waals surface area contributed by atoms with E-state index >= 15 is 0 Å². The molecule has 1 aromatic heterocycles. The van der Waals surface area contributed by atoms with E-state index in [0.29, 0.717) is 31.7 Å². The van der Waals surface area contributed by atoms with Gasteiger partial charge in [-0.1, -0.05) is 12.1 Å². The number of carbonyl (C=O) groups excluding carboxylic acids is 3. The molecule has 0 bridgehead atoms. The maximum atomic E-state index is 13.5. The van der Waals surface area contributed by atoms with Gasteiger partial charge in [-0.2, -0.15) is 10.4 Å². The van der Waals surface area contributed by atoms with Crippen LogP contribution >= 0.6 is 0 Å². The van der Waals surface area contributed by atoms with Crippen LogP contribution in [0.15, 0.2) is 30.5 Å². The van der Waals surface area contributed by atoms with Crippen LogP contribution in [0.5, 0.6) is 0 Å². The average Bonchev–Trinajstić information content (AvgIpc) is 3.18. The standard InChI is InChI=1S/C25H31N5O5/c1-5-34-22(31)16-30-15-19-14-29(11-10-20(19)28-30)23(32)21(27-24(33)35-25(2,3)4)12-17-6-8-18(13-26)9-7-17/h6-9,15,21H,5,10-12,14,16H2,1-4H3,(H,27,33)/t21-/m0/s1. The Bertz CT molecular complexity index is 1110. The monoisotopic (exact) mass is 481 g/mol. The molecule has 2 amide bonds. The van der Waals surface area contributed by atoms with Gasteiger partial charge in [-0.25, -0.2) is 4.79 Å². The summed E-state index contributed by atoms with van der Waals surface area (Å²) in [4.78, 5) is 39.5. The first-order valence-electron chi connectivity index (χ1n) is 11.6. The van der Waals surface area contributed by atoms with Crippen LogP contribution in [0.3, 0.4) is 0 Å². The van der Waals surface area contributed by atoms with Gasteiger partial charge in [0.1, 0.15) is 18.2 Å². The molecule has 3 rings (SSSR count). The zero-order valence-electron chi connectivity index (χ0n) is 20.5. The number of fused-ring (bicyclic) bond motifs is 1. The number of rotatable bonds is 7. The van der Waals surface area contributed by atoms with Gasteiger partial charge in [0, 0.05) is 37.7 Å². The third-order valence-electron chi connectivity index (χ3n) is 5.32. The molecule has 10 heteroatoms. The van der Waals surface area contributed by atoms with Crippen molar-refractivity contribution < 1.29 is 23.9 Å². The van der Waals surface area contributed by atoms with Crippen LogP contribution in [0.25, 0.3) is 0 Å². The molecule has 1 N–H and O–H groups in total. The van der Waals surface area contributed by atoms with Crippen LogP contribution < -0.4 is 5.32 Å². The highest BCUT2D eigenvalue weighted by Gasteiger charge is 2.31. The van der Waals surface area contributed by atoms with Crippen molar-refractivity contribution in [1.82, 2.24) is 20.0 Å². The first-order valence-corrected chi connectivity index (χ1v) is 11.6. The molecule has 186 valence electrons. The van der Waals surface area contributed by atoms with Crippen molar-refractivity contribution in [3.05, 3.63) is 52.8 Å². The molecular formula is C25H31N5O5. The summed E-state index contributed by atoms with van der Waals surface area (Å²) in [6, 6.07) is 8.10. The number of nitrogens with zero attached hydrogens (tertiary/aromatic N) is 4. The lowest BCUT2D eigenvalue weighted by molar-refractivity contribution is -0.144. The Morgan fingerprint density at radius 3 is 2.57 bits per heavy atom. The Morgan fingerprint density at radius 1 is 1.23 bits per heavy atom. The summed E-state index contributed by atoms with van der Waals surface area (Å²) < 4.78 is 11.9. The Kier molecular flexibility index (Phi) is 8.12.